The number of fused-ring (bicyclic) bond motifs is 1. The lowest BCUT2D eigenvalue weighted by Gasteiger charge is -2.15. The van der Waals surface area contributed by atoms with Gasteiger partial charge >= 0.3 is 0 Å². The van der Waals surface area contributed by atoms with Crippen LogP contribution in [0.4, 0.5) is 5.69 Å². The summed E-state index contributed by atoms with van der Waals surface area (Å²) < 4.78 is 5.89. The molecule has 4 N–H and O–H groups in total. The molecule has 0 atom stereocenters. The van der Waals surface area contributed by atoms with E-state index in [2.05, 4.69) is 10.9 Å². The number of rotatable bonds is 4. The van der Waals surface area contributed by atoms with Crippen LogP contribution in [0, 0.1) is 0 Å². The first kappa shape index (κ1) is 17.3. The zero-order valence-electron chi connectivity index (χ0n) is 14.3. The van der Waals surface area contributed by atoms with Crippen molar-refractivity contribution >= 4 is 28.3 Å². The molecule has 0 aliphatic rings. The van der Waals surface area contributed by atoms with E-state index >= 15 is 0 Å². The Balaban J connectivity index is 1.96. The summed E-state index contributed by atoms with van der Waals surface area (Å²) in [5.74, 6) is -0.402. The molecule has 3 aromatic rings. The number of para-hydroxylation sites is 1. The topological polar surface area (TPSA) is 93.5 Å². The minimum absolute atomic E-state index is 0.228. The van der Waals surface area contributed by atoms with Crippen molar-refractivity contribution in [1.29, 1.82) is 0 Å². The predicted molar refractivity (Wildman–Crippen MR) is 100 cm³/mol. The van der Waals surface area contributed by atoms with E-state index in [-0.39, 0.29) is 12.5 Å². The molecular formula is C20H19N3O3. The number of hydrogen-bond donors (Lipinski definition) is 3. The quantitative estimate of drug-likeness (QED) is 0.499. The standard InChI is InChI=1S/C20H19N3O3/c1-13(24)22-23-20(25)19-16-8-4-2-6-14(16)10-11-18(19)26-12-15-7-3-5-9-17(15)21/h2-11H,12,21H2,1H3,(H,22,24)(H,23,25). The average molecular weight is 349 g/mol. The van der Waals surface area contributed by atoms with Gasteiger partial charge in [-0.3, -0.25) is 20.4 Å². The van der Waals surface area contributed by atoms with Crippen LogP contribution in [0.25, 0.3) is 10.8 Å². The lowest BCUT2D eigenvalue weighted by Crippen LogP contribution is -2.40. The molecule has 3 aromatic carbocycles. The third kappa shape index (κ3) is 3.75. The molecule has 0 saturated heterocycles. The van der Waals surface area contributed by atoms with Crippen LogP contribution in [0.5, 0.6) is 5.75 Å². The number of carbonyl (C=O) groups excluding carboxylic acids is 2. The summed E-state index contributed by atoms with van der Waals surface area (Å²) >= 11 is 0. The number of nitrogens with two attached hydrogens (primary N) is 1. The van der Waals surface area contributed by atoms with Crippen molar-refractivity contribution in [3.8, 4) is 5.75 Å². The Labute approximate surface area is 150 Å². The van der Waals surface area contributed by atoms with Gasteiger partial charge in [-0.1, -0.05) is 48.5 Å². The van der Waals surface area contributed by atoms with Gasteiger partial charge in [-0.25, -0.2) is 0 Å². The lowest BCUT2D eigenvalue weighted by atomic mass is 10.0. The highest BCUT2D eigenvalue weighted by molar-refractivity contribution is 6.09. The van der Waals surface area contributed by atoms with Crippen molar-refractivity contribution in [2.24, 2.45) is 0 Å². The smallest absolute Gasteiger partial charge is 0.274 e. The highest BCUT2D eigenvalue weighted by atomic mass is 16.5. The second-order valence-electron chi connectivity index (χ2n) is 5.78. The summed E-state index contributed by atoms with van der Waals surface area (Å²) in [5.41, 5.74) is 12.5. The molecule has 0 unspecified atom stereocenters. The molecule has 6 nitrogen and oxygen atoms in total. The monoisotopic (exact) mass is 349 g/mol. The number of hydrogen-bond acceptors (Lipinski definition) is 4. The maximum atomic E-state index is 12.6. The molecule has 0 fully saturated rings. The summed E-state index contributed by atoms with van der Waals surface area (Å²) in [6.07, 6.45) is 0. The van der Waals surface area contributed by atoms with Crippen LogP contribution in [0.3, 0.4) is 0 Å². The van der Waals surface area contributed by atoms with Gasteiger partial charge in [-0.2, -0.15) is 0 Å². The fourth-order valence-corrected chi connectivity index (χ4v) is 2.63. The Morgan fingerprint density at radius 3 is 2.46 bits per heavy atom. The molecule has 3 rings (SSSR count). The molecule has 0 radical (unpaired) electrons. The summed E-state index contributed by atoms with van der Waals surface area (Å²) in [5, 5.41) is 1.63. The van der Waals surface area contributed by atoms with Gasteiger partial charge in [0, 0.05) is 18.2 Å². The molecule has 0 aliphatic heterocycles. The summed E-state index contributed by atoms with van der Waals surface area (Å²) in [6.45, 7) is 1.55. The molecule has 0 bridgehead atoms. The zero-order valence-corrected chi connectivity index (χ0v) is 14.3. The van der Waals surface area contributed by atoms with E-state index in [1.54, 1.807) is 12.1 Å². The van der Waals surface area contributed by atoms with Gasteiger partial charge in [0.25, 0.3) is 5.91 Å². The fraction of sp³-hybridized carbons (Fsp3) is 0.100. The molecule has 0 saturated carbocycles. The Morgan fingerprint density at radius 2 is 1.69 bits per heavy atom. The van der Waals surface area contributed by atoms with Crippen LogP contribution in [0.2, 0.25) is 0 Å². The Bertz CT molecular complexity index is 969. The number of carbonyl (C=O) groups is 2. The van der Waals surface area contributed by atoms with Gasteiger partial charge < -0.3 is 10.5 Å². The van der Waals surface area contributed by atoms with Crippen molar-refractivity contribution in [2.45, 2.75) is 13.5 Å². The molecule has 0 aromatic heterocycles. The van der Waals surface area contributed by atoms with Crippen LogP contribution in [0.1, 0.15) is 22.8 Å². The molecule has 132 valence electrons. The van der Waals surface area contributed by atoms with E-state index in [1.807, 2.05) is 48.5 Å². The average Bonchev–Trinajstić information content (AvgIpc) is 2.65. The zero-order chi connectivity index (χ0) is 18.5. The first-order valence-electron chi connectivity index (χ1n) is 8.11. The van der Waals surface area contributed by atoms with E-state index in [0.717, 1.165) is 16.3 Å². The van der Waals surface area contributed by atoms with E-state index in [9.17, 15) is 9.59 Å². The number of nitrogens with one attached hydrogen (secondary N) is 2. The van der Waals surface area contributed by atoms with Gasteiger partial charge in [0.1, 0.15) is 12.4 Å². The van der Waals surface area contributed by atoms with E-state index in [0.29, 0.717) is 17.0 Å². The van der Waals surface area contributed by atoms with Gasteiger partial charge in [0.15, 0.2) is 0 Å². The van der Waals surface area contributed by atoms with Crippen molar-refractivity contribution in [3.05, 3.63) is 71.8 Å². The highest BCUT2D eigenvalue weighted by Crippen LogP contribution is 2.29. The Morgan fingerprint density at radius 1 is 0.962 bits per heavy atom. The SMILES string of the molecule is CC(=O)NNC(=O)c1c(OCc2ccccc2N)ccc2ccccc12. The molecular weight excluding hydrogens is 330 g/mol. The normalized spacial score (nSPS) is 10.3. The van der Waals surface area contributed by atoms with Crippen LogP contribution < -0.4 is 21.3 Å². The van der Waals surface area contributed by atoms with E-state index in [1.165, 1.54) is 6.92 Å². The third-order valence-corrected chi connectivity index (χ3v) is 3.91. The van der Waals surface area contributed by atoms with Gasteiger partial charge in [0.2, 0.25) is 5.91 Å². The van der Waals surface area contributed by atoms with Crippen LogP contribution in [0.15, 0.2) is 60.7 Å². The van der Waals surface area contributed by atoms with E-state index < -0.39 is 5.91 Å². The third-order valence-electron chi connectivity index (χ3n) is 3.91. The minimum Gasteiger partial charge on any atom is -0.488 e. The van der Waals surface area contributed by atoms with Crippen molar-refractivity contribution in [3.63, 3.8) is 0 Å². The second-order valence-corrected chi connectivity index (χ2v) is 5.78. The second kappa shape index (κ2) is 7.57. The molecule has 6 heteroatoms. The Hall–Kier alpha value is -3.54. The first-order chi connectivity index (χ1) is 12.6. The van der Waals surface area contributed by atoms with Crippen molar-refractivity contribution in [2.75, 3.05) is 5.73 Å². The minimum atomic E-state index is -0.451. The molecule has 0 aliphatic carbocycles. The fourth-order valence-electron chi connectivity index (χ4n) is 2.63. The predicted octanol–water partition coefficient (Wildman–Crippen LogP) is 2.78. The van der Waals surface area contributed by atoms with Gasteiger partial charge in [-0.05, 0) is 22.9 Å². The van der Waals surface area contributed by atoms with Gasteiger partial charge in [-0.15, -0.1) is 0 Å². The van der Waals surface area contributed by atoms with Crippen molar-refractivity contribution in [1.82, 2.24) is 10.9 Å². The molecule has 2 amide bonds. The van der Waals surface area contributed by atoms with Crippen LogP contribution >= 0.6 is 0 Å². The first-order valence-corrected chi connectivity index (χ1v) is 8.11. The van der Waals surface area contributed by atoms with Crippen LogP contribution in [-0.2, 0) is 11.4 Å². The number of ether oxygens (including phenoxy) is 1. The highest BCUT2D eigenvalue weighted by Gasteiger charge is 2.17. The van der Waals surface area contributed by atoms with Gasteiger partial charge in [0.05, 0.1) is 5.56 Å². The molecule has 0 spiro atoms. The number of benzene rings is 3. The molecule has 0 heterocycles. The maximum absolute atomic E-state index is 12.6. The Kier molecular flexibility index (Phi) is 5.03. The maximum Gasteiger partial charge on any atom is 0.274 e. The summed E-state index contributed by atoms with van der Waals surface area (Å²) in [7, 11) is 0. The number of hydrazine groups is 1. The number of amides is 2. The summed E-state index contributed by atoms with van der Waals surface area (Å²) in [4.78, 5) is 23.7. The van der Waals surface area contributed by atoms with Crippen molar-refractivity contribution < 1.29 is 14.3 Å². The van der Waals surface area contributed by atoms with E-state index in [4.69, 9.17) is 10.5 Å². The van der Waals surface area contributed by atoms with Crippen LogP contribution in [-0.4, -0.2) is 11.8 Å². The number of anilines is 1. The summed E-state index contributed by atoms with van der Waals surface area (Å²) in [6, 6.07) is 18.5. The molecule has 26 heavy (non-hydrogen) atoms. The largest absolute Gasteiger partial charge is 0.488 e. The lowest BCUT2D eigenvalue weighted by molar-refractivity contribution is -0.119. The number of nitrogen functional groups attached to an aromatic ring is 1.